The smallest absolute Gasteiger partial charge is 0.304 e. The molecule has 0 aliphatic carbocycles. The van der Waals surface area contributed by atoms with Crippen LogP contribution in [0.2, 0.25) is 0 Å². The molecule has 4 nitrogen and oxygen atoms in total. The highest BCUT2D eigenvalue weighted by Crippen LogP contribution is 2.18. The fourth-order valence-corrected chi connectivity index (χ4v) is 2.25. The predicted molar refractivity (Wildman–Crippen MR) is 67.3 cm³/mol. The van der Waals surface area contributed by atoms with Crippen molar-refractivity contribution in [2.45, 2.75) is 18.9 Å². The van der Waals surface area contributed by atoms with Gasteiger partial charge in [-0.3, -0.25) is 4.79 Å². The summed E-state index contributed by atoms with van der Waals surface area (Å²) in [6.07, 6.45) is 1.01. The Morgan fingerprint density at radius 3 is 3.11 bits per heavy atom. The normalized spacial score (nSPS) is 20.5. The SMILES string of the molecule is O=C(O)CC1CN(c2cccc(F)c2)CCCN1. The lowest BCUT2D eigenvalue weighted by molar-refractivity contribution is -0.137. The minimum absolute atomic E-state index is 0.0891. The molecule has 0 spiro atoms. The number of carboxylic acid groups (broad SMARTS) is 1. The Bertz CT molecular complexity index is 425. The van der Waals surface area contributed by atoms with E-state index in [9.17, 15) is 9.18 Å². The standard InChI is InChI=1S/C13H17FN2O2/c14-10-3-1-4-12(7-10)16-6-2-5-15-11(9-16)8-13(17)18/h1,3-4,7,11,15H,2,5-6,8-9H2,(H,17,18). The lowest BCUT2D eigenvalue weighted by Gasteiger charge is -2.25. The lowest BCUT2D eigenvalue weighted by atomic mass is 10.2. The number of rotatable bonds is 3. The summed E-state index contributed by atoms with van der Waals surface area (Å²) in [4.78, 5) is 12.8. The van der Waals surface area contributed by atoms with Crippen LogP contribution < -0.4 is 10.2 Å². The first-order valence-electron chi connectivity index (χ1n) is 6.11. The van der Waals surface area contributed by atoms with E-state index < -0.39 is 5.97 Å². The zero-order chi connectivity index (χ0) is 13.0. The van der Waals surface area contributed by atoms with Crippen molar-refractivity contribution in [1.29, 1.82) is 0 Å². The third kappa shape index (κ3) is 3.43. The van der Waals surface area contributed by atoms with Gasteiger partial charge in [-0.05, 0) is 31.2 Å². The summed E-state index contributed by atoms with van der Waals surface area (Å²) in [6, 6.07) is 6.34. The van der Waals surface area contributed by atoms with Gasteiger partial charge in [0.15, 0.2) is 0 Å². The van der Waals surface area contributed by atoms with Gasteiger partial charge in [0.1, 0.15) is 5.82 Å². The van der Waals surface area contributed by atoms with Crippen LogP contribution in [0.1, 0.15) is 12.8 Å². The highest BCUT2D eigenvalue weighted by atomic mass is 19.1. The molecule has 1 unspecified atom stereocenters. The molecular formula is C13H17FN2O2. The summed E-state index contributed by atoms with van der Waals surface area (Å²) in [5, 5.41) is 12.1. The molecule has 1 aromatic carbocycles. The summed E-state index contributed by atoms with van der Waals surface area (Å²) >= 11 is 0. The van der Waals surface area contributed by atoms with Crippen molar-refractivity contribution in [3.05, 3.63) is 30.1 Å². The quantitative estimate of drug-likeness (QED) is 0.855. The number of carboxylic acids is 1. The van der Waals surface area contributed by atoms with Crippen molar-refractivity contribution in [2.24, 2.45) is 0 Å². The molecular weight excluding hydrogens is 235 g/mol. The first-order valence-corrected chi connectivity index (χ1v) is 6.11. The number of carbonyl (C=O) groups is 1. The molecule has 0 radical (unpaired) electrons. The van der Waals surface area contributed by atoms with E-state index in [1.54, 1.807) is 6.07 Å². The molecule has 5 heteroatoms. The van der Waals surface area contributed by atoms with Gasteiger partial charge in [0.2, 0.25) is 0 Å². The molecule has 0 bridgehead atoms. The van der Waals surface area contributed by atoms with Gasteiger partial charge < -0.3 is 15.3 Å². The molecule has 2 rings (SSSR count). The van der Waals surface area contributed by atoms with Gasteiger partial charge >= 0.3 is 5.97 Å². The number of anilines is 1. The molecule has 1 atom stereocenters. The van der Waals surface area contributed by atoms with Crippen LogP contribution in [0.25, 0.3) is 0 Å². The topological polar surface area (TPSA) is 52.6 Å². The third-order valence-corrected chi connectivity index (χ3v) is 3.07. The van der Waals surface area contributed by atoms with E-state index in [1.165, 1.54) is 12.1 Å². The fraction of sp³-hybridized carbons (Fsp3) is 0.462. The number of nitrogens with one attached hydrogen (secondary N) is 1. The summed E-state index contributed by atoms with van der Waals surface area (Å²) in [7, 11) is 0. The van der Waals surface area contributed by atoms with Gasteiger partial charge in [-0.2, -0.15) is 0 Å². The Morgan fingerprint density at radius 1 is 1.56 bits per heavy atom. The van der Waals surface area contributed by atoms with Crippen molar-refractivity contribution < 1.29 is 14.3 Å². The number of hydrogen-bond donors (Lipinski definition) is 2. The second-order valence-electron chi connectivity index (χ2n) is 4.53. The zero-order valence-corrected chi connectivity index (χ0v) is 10.1. The van der Waals surface area contributed by atoms with Crippen LogP contribution in [0.15, 0.2) is 24.3 Å². The predicted octanol–water partition coefficient (Wildman–Crippen LogP) is 1.47. The Hall–Kier alpha value is -1.62. The average Bonchev–Trinajstić information content (AvgIpc) is 2.54. The van der Waals surface area contributed by atoms with Crippen molar-refractivity contribution in [2.75, 3.05) is 24.5 Å². The fourth-order valence-electron chi connectivity index (χ4n) is 2.25. The van der Waals surface area contributed by atoms with Crippen molar-refractivity contribution in [3.63, 3.8) is 0 Å². The maximum Gasteiger partial charge on any atom is 0.304 e. The van der Waals surface area contributed by atoms with Gasteiger partial charge in [0.25, 0.3) is 0 Å². The van der Waals surface area contributed by atoms with Crippen LogP contribution in [0, 0.1) is 5.82 Å². The van der Waals surface area contributed by atoms with Gasteiger partial charge in [-0.15, -0.1) is 0 Å². The summed E-state index contributed by atoms with van der Waals surface area (Å²) in [5.41, 5.74) is 0.814. The van der Waals surface area contributed by atoms with Crippen molar-refractivity contribution >= 4 is 11.7 Å². The number of halogens is 1. The van der Waals surface area contributed by atoms with E-state index in [-0.39, 0.29) is 18.3 Å². The molecule has 1 saturated heterocycles. The molecule has 1 aliphatic rings. The van der Waals surface area contributed by atoms with E-state index in [2.05, 4.69) is 5.32 Å². The average molecular weight is 252 g/mol. The van der Waals surface area contributed by atoms with Crippen LogP contribution in [0.3, 0.4) is 0 Å². The first kappa shape index (κ1) is 12.8. The van der Waals surface area contributed by atoms with Gasteiger partial charge in [0.05, 0.1) is 6.42 Å². The lowest BCUT2D eigenvalue weighted by Crippen LogP contribution is -2.39. The monoisotopic (exact) mass is 252 g/mol. The van der Waals surface area contributed by atoms with Crippen LogP contribution >= 0.6 is 0 Å². The number of hydrogen-bond acceptors (Lipinski definition) is 3. The molecule has 18 heavy (non-hydrogen) atoms. The number of benzene rings is 1. The Balaban J connectivity index is 2.09. The van der Waals surface area contributed by atoms with E-state index >= 15 is 0 Å². The minimum atomic E-state index is -0.811. The highest BCUT2D eigenvalue weighted by molar-refractivity contribution is 5.67. The molecule has 1 fully saturated rings. The number of aliphatic carboxylic acids is 1. The van der Waals surface area contributed by atoms with Crippen LogP contribution in [0.5, 0.6) is 0 Å². The maximum atomic E-state index is 13.2. The second-order valence-corrected chi connectivity index (χ2v) is 4.53. The Kier molecular flexibility index (Phi) is 4.15. The van der Waals surface area contributed by atoms with E-state index in [4.69, 9.17) is 5.11 Å². The Labute approximate surface area is 105 Å². The van der Waals surface area contributed by atoms with E-state index in [0.29, 0.717) is 6.54 Å². The molecule has 0 saturated carbocycles. The molecule has 0 amide bonds. The zero-order valence-electron chi connectivity index (χ0n) is 10.1. The molecule has 0 aromatic heterocycles. The summed E-state index contributed by atoms with van der Waals surface area (Å²) in [6.45, 7) is 2.20. The molecule has 2 N–H and O–H groups in total. The molecule has 98 valence electrons. The molecule has 1 heterocycles. The second kappa shape index (κ2) is 5.82. The van der Waals surface area contributed by atoms with Gasteiger partial charge in [-0.25, -0.2) is 4.39 Å². The molecule has 1 aliphatic heterocycles. The molecule has 1 aromatic rings. The van der Waals surface area contributed by atoms with Gasteiger partial charge in [0, 0.05) is 24.8 Å². The van der Waals surface area contributed by atoms with Crippen molar-refractivity contribution in [3.8, 4) is 0 Å². The number of nitrogens with zero attached hydrogens (tertiary/aromatic N) is 1. The summed E-state index contributed by atoms with van der Waals surface area (Å²) < 4.78 is 13.2. The highest BCUT2D eigenvalue weighted by Gasteiger charge is 2.20. The van der Waals surface area contributed by atoms with Crippen LogP contribution in [-0.4, -0.2) is 36.8 Å². The van der Waals surface area contributed by atoms with Crippen LogP contribution in [-0.2, 0) is 4.79 Å². The largest absolute Gasteiger partial charge is 0.481 e. The Morgan fingerprint density at radius 2 is 2.39 bits per heavy atom. The van der Waals surface area contributed by atoms with E-state index in [0.717, 1.165) is 25.2 Å². The van der Waals surface area contributed by atoms with Crippen molar-refractivity contribution in [1.82, 2.24) is 5.32 Å². The minimum Gasteiger partial charge on any atom is -0.481 e. The third-order valence-electron chi connectivity index (χ3n) is 3.07. The summed E-state index contributed by atoms with van der Waals surface area (Å²) in [5.74, 6) is -1.08. The van der Waals surface area contributed by atoms with E-state index in [1.807, 2.05) is 11.0 Å². The van der Waals surface area contributed by atoms with Gasteiger partial charge in [-0.1, -0.05) is 6.07 Å². The first-order chi connectivity index (χ1) is 8.65. The maximum absolute atomic E-state index is 13.2. The van der Waals surface area contributed by atoms with Crippen LogP contribution in [0.4, 0.5) is 10.1 Å².